The Morgan fingerprint density at radius 1 is 1.12 bits per heavy atom. The summed E-state index contributed by atoms with van der Waals surface area (Å²) in [7, 11) is -1.89. The Hall–Kier alpha value is -2.46. The Bertz CT molecular complexity index is 1230. The van der Waals surface area contributed by atoms with Crippen molar-refractivity contribution in [2.24, 2.45) is 22.6 Å². The topological polar surface area (TPSA) is 125 Å². The van der Waals surface area contributed by atoms with Crippen LogP contribution in [0.2, 0.25) is 0 Å². The van der Waals surface area contributed by atoms with Crippen molar-refractivity contribution in [2.45, 2.75) is 103 Å². The number of aliphatic imine (C=N–C) groups is 1. The lowest BCUT2D eigenvalue weighted by Gasteiger charge is -2.35. The molecule has 2 aliphatic heterocycles. The maximum absolute atomic E-state index is 13.4. The number of amides is 3. The minimum absolute atomic E-state index is 0.00478. The van der Waals surface area contributed by atoms with Crippen molar-refractivity contribution < 1.29 is 18.0 Å². The molecule has 4 rings (SSSR count). The van der Waals surface area contributed by atoms with Gasteiger partial charge in [-0.1, -0.05) is 45.4 Å². The zero-order chi connectivity index (χ0) is 29.8. The normalized spacial score (nSPS) is 22.9. The molecule has 3 amide bonds. The monoisotopic (exact) mass is 587 g/mol. The van der Waals surface area contributed by atoms with E-state index in [1.807, 2.05) is 26.0 Å². The molecule has 1 aromatic carbocycles. The number of rotatable bonds is 11. The molecule has 0 unspecified atom stereocenters. The van der Waals surface area contributed by atoms with Crippen molar-refractivity contribution in [1.29, 1.82) is 0 Å². The number of amidine groups is 1. The summed E-state index contributed by atoms with van der Waals surface area (Å²) in [5, 5.41) is 3.16. The number of hydrogen-bond acceptors (Lipinski definition) is 5. The van der Waals surface area contributed by atoms with Gasteiger partial charge in [-0.3, -0.25) is 14.7 Å². The fourth-order valence-corrected chi connectivity index (χ4v) is 8.44. The first-order valence-electron chi connectivity index (χ1n) is 15.5. The predicted molar refractivity (Wildman–Crippen MR) is 165 cm³/mol. The molecule has 0 aromatic heterocycles. The van der Waals surface area contributed by atoms with Gasteiger partial charge in [0.2, 0.25) is 10.0 Å². The van der Waals surface area contributed by atoms with Crippen LogP contribution < -0.4 is 16.0 Å². The summed E-state index contributed by atoms with van der Waals surface area (Å²) in [6.45, 7) is 6.69. The van der Waals surface area contributed by atoms with Gasteiger partial charge in [0.25, 0.3) is 5.91 Å². The van der Waals surface area contributed by atoms with Crippen LogP contribution in [-0.4, -0.2) is 61.9 Å². The number of sulfonamides is 1. The number of piperidine rings is 1. The SMILES string of the molecule is CCCCCC[C@H]1CCCC[C@@H]1C1=NC2(CCN(S(=O)(=O)CCc3c(C)cc(N(C)C(N)=O)cc3C)CC2)C(=O)N1. The second kappa shape index (κ2) is 13.2. The molecule has 1 aliphatic carbocycles. The molecule has 41 heavy (non-hydrogen) atoms. The summed E-state index contributed by atoms with van der Waals surface area (Å²) in [5.74, 6) is 1.70. The van der Waals surface area contributed by atoms with E-state index in [0.29, 0.717) is 49.9 Å². The van der Waals surface area contributed by atoms with Gasteiger partial charge in [0.15, 0.2) is 0 Å². The molecule has 2 heterocycles. The average molecular weight is 588 g/mol. The van der Waals surface area contributed by atoms with Gasteiger partial charge in [0.05, 0.1) is 5.75 Å². The third kappa shape index (κ3) is 7.13. The quantitative estimate of drug-likeness (QED) is 0.360. The smallest absolute Gasteiger partial charge is 0.318 e. The number of unbranched alkanes of at least 4 members (excludes halogenated alkanes) is 3. The van der Waals surface area contributed by atoms with Gasteiger partial charge in [-0.2, -0.15) is 0 Å². The van der Waals surface area contributed by atoms with Gasteiger partial charge in [0, 0.05) is 31.7 Å². The Morgan fingerprint density at radius 2 is 1.78 bits per heavy atom. The van der Waals surface area contributed by atoms with E-state index in [0.717, 1.165) is 28.9 Å². The maximum atomic E-state index is 13.4. The van der Waals surface area contributed by atoms with E-state index in [1.165, 1.54) is 60.6 Å². The van der Waals surface area contributed by atoms with Gasteiger partial charge in [-0.05, 0) is 87.1 Å². The summed E-state index contributed by atoms with van der Waals surface area (Å²) in [6.07, 6.45) is 12.1. The van der Waals surface area contributed by atoms with E-state index < -0.39 is 21.6 Å². The molecule has 9 nitrogen and oxygen atoms in total. The van der Waals surface area contributed by atoms with Crippen LogP contribution in [0.5, 0.6) is 0 Å². The van der Waals surface area contributed by atoms with E-state index >= 15 is 0 Å². The molecule has 228 valence electrons. The number of nitrogens with zero attached hydrogens (tertiary/aromatic N) is 3. The van der Waals surface area contributed by atoms with E-state index in [1.54, 1.807) is 7.05 Å². The molecular weight excluding hydrogens is 538 g/mol. The fourth-order valence-electron chi connectivity index (χ4n) is 6.98. The number of anilines is 1. The third-order valence-corrected chi connectivity index (χ3v) is 11.5. The van der Waals surface area contributed by atoms with Crippen LogP contribution in [0.4, 0.5) is 10.5 Å². The molecule has 0 bridgehead atoms. The van der Waals surface area contributed by atoms with E-state index in [9.17, 15) is 18.0 Å². The van der Waals surface area contributed by atoms with Crippen LogP contribution in [0.1, 0.15) is 94.2 Å². The highest BCUT2D eigenvalue weighted by Gasteiger charge is 2.49. The minimum atomic E-state index is -3.51. The van der Waals surface area contributed by atoms with Crippen molar-refractivity contribution in [3.8, 4) is 0 Å². The first-order chi connectivity index (χ1) is 19.5. The Labute approximate surface area is 246 Å². The van der Waals surface area contributed by atoms with Crippen molar-refractivity contribution >= 4 is 33.5 Å². The van der Waals surface area contributed by atoms with Gasteiger partial charge >= 0.3 is 6.03 Å². The minimum Gasteiger partial charge on any atom is -0.351 e. The number of carbonyl (C=O) groups is 2. The second-order valence-corrected chi connectivity index (χ2v) is 14.5. The fraction of sp³-hybridized carbons (Fsp3) is 0.710. The van der Waals surface area contributed by atoms with Gasteiger partial charge in [0.1, 0.15) is 11.4 Å². The molecule has 3 aliphatic rings. The van der Waals surface area contributed by atoms with Crippen LogP contribution in [0, 0.1) is 25.7 Å². The van der Waals surface area contributed by atoms with Crippen LogP contribution >= 0.6 is 0 Å². The lowest BCUT2D eigenvalue weighted by Crippen LogP contribution is -2.51. The first-order valence-corrected chi connectivity index (χ1v) is 17.1. The van der Waals surface area contributed by atoms with Crippen molar-refractivity contribution in [3.05, 3.63) is 28.8 Å². The highest BCUT2D eigenvalue weighted by atomic mass is 32.2. The number of urea groups is 1. The molecule has 1 spiro atoms. The number of carbonyl (C=O) groups excluding carboxylic acids is 2. The van der Waals surface area contributed by atoms with Crippen LogP contribution in [-0.2, 0) is 21.2 Å². The molecular formula is C31H49N5O4S. The first kappa shape index (κ1) is 31.5. The zero-order valence-corrected chi connectivity index (χ0v) is 26.2. The highest BCUT2D eigenvalue weighted by Crippen LogP contribution is 2.39. The lowest BCUT2D eigenvalue weighted by atomic mass is 9.76. The number of aryl methyl sites for hydroxylation is 2. The van der Waals surface area contributed by atoms with Crippen molar-refractivity contribution in [3.63, 3.8) is 0 Å². The van der Waals surface area contributed by atoms with Crippen molar-refractivity contribution in [2.75, 3.05) is 30.8 Å². The van der Waals surface area contributed by atoms with E-state index in [4.69, 9.17) is 10.7 Å². The van der Waals surface area contributed by atoms with Crippen molar-refractivity contribution in [1.82, 2.24) is 9.62 Å². The van der Waals surface area contributed by atoms with Crippen LogP contribution in [0.25, 0.3) is 0 Å². The molecule has 2 fully saturated rings. The third-order valence-electron chi connectivity index (χ3n) is 9.64. The van der Waals surface area contributed by atoms with E-state index in [2.05, 4.69) is 12.2 Å². The Kier molecular flexibility index (Phi) is 10.2. The van der Waals surface area contributed by atoms with Gasteiger partial charge < -0.3 is 11.1 Å². The van der Waals surface area contributed by atoms with Gasteiger partial charge in [-0.15, -0.1) is 0 Å². The summed E-state index contributed by atoms with van der Waals surface area (Å²) < 4.78 is 28.2. The lowest BCUT2D eigenvalue weighted by molar-refractivity contribution is -0.125. The Balaban J connectivity index is 1.38. The molecule has 2 atom stereocenters. The predicted octanol–water partition coefficient (Wildman–Crippen LogP) is 4.83. The second-order valence-electron chi connectivity index (χ2n) is 12.4. The highest BCUT2D eigenvalue weighted by molar-refractivity contribution is 7.89. The summed E-state index contributed by atoms with van der Waals surface area (Å²) >= 11 is 0. The molecule has 1 saturated heterocycles. The molecule has 3 N–H and O–H groups in total. The molecule has 0 radical (unpaired) electrons. The average Bonchev–Trinajstić information content (AvgIpc) is 3.25. The number of hydrogen-bond donors (Lipinski definition) is 2. The van der Waals surface area contributed by atoms with Gasteiger partial charge in [-0.25, -0.2) is 17.5 Å². The standard InChI is InChI=1S/C31H49N5O4S/c1-5-6-7-8-11-24-12-9-10-13-27(24)28-33-29(37)31(34-28)15-17-36(18-16-31)41(39,40)19-14-26-22(2)20-25(21-23(26)3)35(4)30(32)38/h20-21,24,27H,5-19H2,1-4H3,(H2,32,38)(H,33,34,37)/t24-,27-/m0/s1. The Morgan fingerprint density at radius 3 is 2.41 bits per heavy atom. The molecule has 1 aromatic rings. The largest absolute Gasteiger partial charge is 0.351 e. The number of benzene rings is 1. The number of primary amides is 1. The molecule has 10 heteroatoms. The zero-order valence-electron chi connectivity index (χ0n) is 25.4. The van der Waals surface area contributed by atoms with Crippen LogP contribution in [0.15, 0.2) is 17.1 Å². The maximum Gasteiger partial charge on any atom is 0.318 e. The van der Waals surface area contributed by atoms with Crippen LogP contribution in [0.3, 0.4) is 0 Å². The van der Waals surface area contributed by atoms with E-state index in [-0.39, 0.29) is 11.7 Å². The number of nitrogens with two attached hydrogens (primary N) is 1. The summed E-state index contributed by atoms with van der Waals surface area (Å²) in [5.41, 5.74) is 8.08. The summed E-state index contributed by atoms with van der Waals surface area (Å²) in [4.78, 5) is 31.2. The number of nitrogens with one attached hydrogen (secondary N) is 1. The summed E-state index contributed by atoms with van der Waals surface area (Å²) in [6, 6.07) is 3.18. The molecule has 1 saturated carbocycles.